The van der Waals surface area contributed by atoms with Gasteiger partial charge in [-0.05, 0) is 33.4 Å². The number of halogens is 1. The summed E-state index contributed by atoms with van der Waals surface area (Å²) in [6.45, 7) is -2.47. The van der Waals surface area contributed by atoms with Crippen LogP contribution in [0.1, 0.15) is 4.11 Å². The van der Waals surface area contributed by atoms with Crippen molar-refractivity contribution < 1.29 is 4.11 Å². The lowest BCUT2D eigenvalue weighted by atomic mass is 10.2. The van der Waals surface area contributed by atoms with Crippen LogP contribution in [0.2, 0.25) is 0 Å². The Morgan fingerprint density at radius 3 is 3.00 bits per heavy atom. The van der Waals surface area contributed by atoms with Gasteiger partial charge < -0.3 is 4.57 Å². The van der Waals surface area contributed by atoms with Gasteiger partial charge in [-0.15, -0.1) is 0 Å². The Labute approximate surface area is 88.2 Å². The highest BCUT2D eigenvalue weighted by molar-refractivity contribution is 9.10. The molecule has 0 spiro atoms. The third-order valence-electron chi connectivity index (χ3n) is 1.87. The molecule has 1 aromatic heterocycles. The molecule has 0 radical (unpaired) electrons. The number of aryl methyl sites for hydroxylation is 1. The normalized spacial score (nSPS) is 15.0. The molecule has 2 rings (SSSR count). The number of pyridine rings is 1. The van der Waals surface area contributed by atoms with Crippen molar-refractivity contribution in [2.24, 2.45) is 6.98 Å². The van der Waals surface area contributed by atoms with E-state index in [1.807, 2.05) is 0 Å². The Bertz CT molecular complexity index is 603. The number of aromatic nitrogens is 1. The third kappa shape index (κ3) is 1.29. The van der Waals surface area contributed by atoms with E-state index in [4.69, 9.17) is 4.11 Å². The number of nitrogens with zero attached hydrogens (tertiary/aromatic N) is 1. The molecule has 0 atom stereocenters. The van der Waals surface area contributed by atoms with Gasteiger partial charge in [0.05, 0.1) is 9.99 Å². The van der Waals surface area contributed by atoms with E-state index in [1.54, 1.807) is 30.3 Å². The zero-order valence-electron chi connectivity index (χ0n) is 9.62. The van der Waals surface area contributed by atoms with E-state index < -0.39 is 12.5 Å². The average molecular weight is 241 g/mol. The molecule has 0 aliphatic heterocycles. The molecule has 0 unspecified atom stereocenters. The van der Waals surface area contributed by atoms with E-state index in [1.165, 1.54) is 0 Å². The Hall–Kier alpha value is -1.09. The first-order chi connectivity index (χ1) is 7.41. The van der Waals surface area contributed by atoms with Gasteiger partial charge in [-0.25, -0.2) is 0 Å². The number of benzene rings is 1. The minimum Gasteiger partial charge on any atom is -0.310 e. The predicted molar refractivity (Wildman–Crippen MR) is 56.9 cm³/mol. The van der Waals surface area contributed by atoms with Crippen LogP contribution in [0.3, 0.4) is 0 Å². The Balaban J connectivity index is 2.99. The largest absolute Gasteiger partial charge is 0.310 e. The predicted octanol–water partition coefficient (Wildman–Crippen LogP) is 2.30. The molecular formula is C10H8BrNO. The molecule has 2 nitrogen and oxygen atoms in total. The van der Waals surface area contributed by atoms with E-state index in [0.717, 1.165) is 4.57 Å². The van der Waals surface area contributed by atoms with Crippen LogP contribution in [0.15, 0.2) is 39.6 Å². The molecule has 0 saturated heterocycles. The standard InChI is InChI=1S/C10H8BrNO/c1-12-9-5-3-2-4-7(9)6-8(11)10(12)13/h2-6H,1H3/i1D3. The molecule has 1 aromatic carbocycles. The molecule has 0 aliphatic rings. The molecule has 13 heavy (non-hydrogen) atoms. The van der Waals surface area contributed by atoms with Crippen LogP contribution in [0.25, 0.3) is 10.9 Å². The van der Waals surface area contributed by atoms with Crippen molar-refractivity contribution in [2.45, 2.75) is 0 Å². The second kappa shape index (κ2) is 3.00. The molecule has 0 aliphatic carbocycles. The van der Waals surface area contributed by atoms with E-state index in [-0.39, 0.29) is 4.47 Å². The molecule has 66 valence electrons. The number of para-hydroxylation sites is 1. The summed E-state index contributed by atoms with van der Waals surface area (Å²) in [7, 11) is 0. The van der Waals surface area contributed by atoms with E-state index >= 15 is 0 Å². The van der Waals surface area contributed by atoms with Gasteiger partial charge >= 0.3 is 0 Å². The maximum absolute atomic E-state index is 11.8. The summed E-state index contributed by atoms with van der Waals surface area (Å²) in [5, 5.41) is 0.713. The number of hydrogen-bond acceptors (Lipinski definition) is 1. The van der Waals surface area contributed by atoms with E-state index in [9.17, 15) is 4.79 Å². The fourth-order valence-electron chi connectivity index (χ4n) is 1.23. The van der Waals surface area contributed by atoms with Crippen LogP contribution in [-0.4, -0.2) is 4.57 Å². The monoisotopic (exact) mass is 240 g/mol. The van der Waals surface area contributed by atoms with Crippen molar-refractivity contribution in [3.63, 3.8) is 0 Å². The van der Waals surface area contributed by atoms with Crippen molar-refractivity contribution in [1.29, 1.82) is 0 Å². The van der Waals surface area contributed by atoms with E-state index in [2.05, 4.69) is 15.9 Å². The van der Waals surface area contributed by atoms with Crippen LogP contribution in [-0.2, 0) is 6.98 Å². The van der Waals surface area contributed by atoms with Crippen LogP contribution in [0.5, 0.6) is 0 Å². The summed E-state index contributed by atoms with van der Waals surface area (Å²) in [5.41, 5.74) is -0.130. The highest BCUT2D eigenvalue weighted by Crippen LogP contribution is 2.14. The van der Waals surface area contributed by atoms with Gasteiger partial charge in [0.25, 0.3) is 5.56 Å². The Morgan fingerprint density at radius 1 is 1.46 bits per heavy atom. The number of rotatable bonds is 0. The smallest absolute Gasteiger partial charge is 0.265 e. The Kier molecular flexibility index (Phi) is 1.29. The highest BCUT2D eigenvalue weighted by Gasteiger charge is 2.02. The summed E-state index contributed by atoms with van der Waals surface area (Å²) < 4.78 is 23.2. The molecule has 1 heterocycles. The minimum atomic E-state index is -2.47. The van der Waals surface area contributed by atoms with Gasteiger partial charge in [0, 0.05) is 11.1 Å². The maximum atomic E-state index is 11.8. The van der Waals surface area contributed by atoms with Crippen LogP contribution >= 0.6 is 15.9 Å². The SMILES string of the molecule is [2H]C([2H])([2H])n1c(=O)c(Br)cc2ccccc21. The summed E-state index contributed by atoms with van der Waals surface area (Å²) in [5.74, 6) is 0. The van der Waals surface area contributed by atoms with Crippen molar-refractivity contribution in [2.75, 3.05) is 0 Å². The van der Waals surface area contributed by atoms with Crippen molar-refractivity contribution in [1.82, 2.24) is 4.57 Å². The molecule has 2 aromatic rings. The number of hydrogen-bond donors (Lipinski definition) is 0. The van der Waals surface area contributed by atoms with Crippen LogP contribution < -0.4 is 5.56 Å². The van der Waals surface area contributed by atoms with Gasteiger partial charge in [-0.2, -0.15) is 0 Å². The van der Waals surface area contributed by atoms with Crippen molar-refractivity contribution >= 4 is 26.8 Å². The van der Waals surface area contributed by atoms with Crippen molar-refractivity contribution in [3.05, 3.63) is 45.2 Å². The fourth-order valence-corrected chi connectivity index (χ4v) is 1.65. The fraction of sp³-hybridized carbons (Fsp3) is 0.100. The third-order valence-corrected chi connectivity index (χ3v) is 2.44. The average Bonchev–Trinajstić information content (AvgIpc) is 2.17. The first kappa shape index (κ1) is 5.60. The summed E-state index contributed by atoms with van der Waals surface area (Å²) in [6, 6.07) is 8.51. The van der Waals surface area contributed by atoms with Crippen LogP contribution in [0, 0.1) is 0 Å². The zero-order valence-corrected chi connectivity index (χ0v) is 8.21. The quantitative estimate of drug-likeness (QED) is 0.693. The molecule has 0 saturated carbocycles. The second-order valence-electron chi connectivity index (χ2n) is 2.69. The maximum Gasteiger partial charge on any atom is 0.265 e. The summed E-state index contributed by atoms with van der Waals surface area (Å²) in [6.07, 6.45) is 0. The van der Waals surface area contributed by atoms with E-state index in [0.29, 0.717) is 10.9 Å². The number of fused-ring (bicyclic) bond motifs is 1. The van der Waals surface area contributed by atoms with Gasteiger partial charge in [0.1, 0.15) is 0 Å². The lowest BCUT2D eigenvalue weighted by Gasteiger charge is -2.04. The van der Waals surface area contributed by atoms with Gasteiger partial charge in [-0.3, -0.25) is 4.79 Å². The van der Waals surface area contributed by atoms with Crippen molar-refractivity contribution in [3.8, 4) is 0 Å². The molecule has 0 bridgehead atoms. The zero-order chi connectivity index (χ0) is 11.9. The lowest BCUT2D eigenvalue weighted by molar-refractivity contribution is 0.899. The van der Waals surface area contributed by atoms with Gasteiger partial charge in [-0.1, -0.05) is 18.2 Å². The lowest BCUT2D eigenvalue weighted by Crippen LogP contribution is -2.17. The minimum absolute atomic E-state index is 0.252. The van der Waals surface area contributed by atoms with Gasteiger partial charge in [0.15, 0.2) is 0 Å². The highest BCUT2D eigenvalue weighted by atomic mass is 79.9. The second-order valence-corrected chi connectivity index (χ2v) is 3.55. The van der Waals surface area contributed by atoms with Gasteiger partial charge in [0.2, 0.25) is 0 Å². The molecular weight excluding hydrogens is 230 g/mol. The summed E-state index contributed by atoms with van der Waals surface area (Å²) in [4.78, 5) is 11.8. The first-order valence-electron chi connectivity index (χ1n) is 5.22. The first-order valence-corrected chi connectivity index (χ1v) is 4.51. The van der Waals surface area contributed by atoms with Crippen LogP contribution in [0.4, 0.5) is 0 Å². The molecule has 0 amide bonds. The molecule has 0 fully saturated rings. The summed E-state index contributed by atoms with van der Waals surface area (Å²) >= 11 is 3.08. The molecule has 3 heteroatoms. The molecule has 0 N–H and O–H groups in total. The Morgan fingerprint density at radius 2 is 2.23 bits per heavy atom. The topological polar surface area (TPSA) is 22.0 Å².